The summed E-state index contributed by atoms with van der Waals surface area (Å²) in [5.41, 5.74) is 0. The van der Waals surface area contributed by atoms with E-state index < -0.39 is 6.43 Å². The molecule has 1 aliphatic heterocycles. The van der Waals surface area contributed by atoms with Crippen molar-refractivity contribution in [2.75, 3.05) is 19.6 Å². The molecule has 0 aromatic heterocycles. The monoisotopic (exact) mass is 134 g/mol. The van der Waals surface area contributed by atoms with Crippen LogP contribution in [0.2, 0.25) is 0 Å². The van der Waals surface area contributed by atoms with Crippen molar-refractivity contribution in [2.45, 2.75) is 12.8 Å². The van der Waals surface area contributed by atoms with Crippen LogP contribution in [0.4, 0.5) is 8.78 Å². The Kier molecular flexibility index (Phi) is 2.39. The molecule has 1 aliphatic rings. The van der Waals surface area contributed by atoms with Gasteiger partial charge in [-0.1, -0.05) is 0 Å². The minimum absolute atomic E-state index is 0.111. The third-order valence-electron chi connectivity index (χ3n) is 1.54. The van der Waals surface area contributed by atoms with Crippen LogP contribution in [0.1, 0.15) is 12.8 Å². The second-order valence-corrected chi connectivity index (χ2v) is 2.32. The molecule has 0 atom stereocenters. The van der Waals surface area contributed by atoms with E-state index in [2.05, 4.69) is 0 Å². The first-order chi connectivity index (χ1) is 4.29. The van der Waals surface area contributed by atoms with Crippen molar-refractivity contribution >= 4 is 0 Å². The maximum Gasteiger partial charge on any atom is 0.323 e. The minimum atomic E-state index is -1.46. The molecule has 0 bridgehead atoms. The zero-order chi connectivity index (χ0) is 6.69. The van der Waals surface area contributed by atoms with Gasteiger partial charge in [-0.2, -0.15) is 8.78 Å². The van der Waals surface area contributed by atoms with Gasteiger partial charge in [0, 0.05) is 0 Å². The van der Waals surface area contributed by atoms with Crippen LogP contribution in [0.15, 0.2) is 0 Å². The molecular weight excluding hydrogens is 124 g/mol. The third kappa shape index (κ3) is 2.26. The van der Waals surface area contributed by atoms with Crippen molar-refractivity contribution in [1.29, 1.82) is 0 Å². The average Bonchev–Trinajstić information content (AvgIpc) is 2.15. The number of likely N-dealkylation sites (tertiary alicyclic amines) is 1. The maximum absolute atomic E-state index is 11.6. The highest BCUT2D eigenvalue weighted by Gasteiger charge is 2.16. The Labute approximate surface area is 53.6 Å². The van der Waals surface area contributed by atoms with Crippen molar-refractivity contribution in [1.82, 2.24) is 4.90 Å². The van der Waals surface area contributed by atoms with Gasteiger partial charge in [0.2, 0.25) is 0 Å². The summed E-state index contributed by atoms with van der Waals surface area (Å²) in [5.74, 6) is 0. The fourth-order valence-corrected chi connectivity index (χ4v) is 1.11. The SMILES string of the molecule is F[C](F)CN1CCCC1. The van der Waals surface area contributed by atoms with Crippen molar-refractivity contribution in [3.8, 4) is 0 Å². The van der Waals surface area contributed by atoms with Gasteiger partial charge in [0.25, 0.3) is 0 Å². The zero-order valence-corrected chi connectivity index (χ0v) is 5.24. The van der Waals surface area contributed by atoms with E-state index in [-0.39, 0.29) is 6.54 Å². The lowest BCUT2D eigenvalue weighted by molar-refractivity contribution is 0.205. The van der Waals surface area contributed by atoms with Gasteiger partial charge < -0.3 is 0 Å². The van der Waals surface area contributed by atoms with Crippen LogP contribution in [0, 0.1) is 6.43 Å². The Morgan fingerprint density at radius 1 is 1.22 bits per heavy atom. The van der Waals surface area contributed by atoms with Gasteiger partial charge in [-0.25, -0.2) is 0 Å². The summed E-state index contributed by atoms with van der Waals surface area (Å²) < 4.78 is 23.1. The van der Waals surface area contributed by atoms with E-state index >= 15 is 0 Å². The highest BCUT2D eigenvalue weighted by Crippen LogP contribution is 2.12. The molecule has 1 heterocycles. The molecule has 0 amide bonds. The number of rotatable bonds is 2. The second-order valence-electron chi connectivity index (χ2n) is 2.32. The first kappa shape index (κ1) is 6.93. The van der Waals surface area contributed by atoms with Gasteiger partial charge in [0.1, 0.15) is 0 Å². The molecule has 1 rings (SSSR count). The molecule has 0 aromatic carbocycles. The molecule has 0 unspecified atom stereocenters. The fraction of sp³-hybridized carbons (Fsp3) is 0.833. The van der Waals surface area contributed by atoms with Gasteiger partial charge in [0.05, 0.1) is 6.54 Å². The predicted molar refractivity (Wildman–Crippen MR) is 31.1 cm³/mol. The number of hydrogen-bond acceptors (Lipinski definition) is 1. The molecule has 1 nitrogen and oxygen atoms in total. The molecule has 0 aliphatic carbocycles. The molecule has 53 valence electrons. The normalized spacial score (nSPS) is 21.7. The van der Waals surface area contributed by atoms with Gasteiger partial charge in [-0.05, 0) is 25.9 Å². The largest absolute Gasteiger partial charge is 0.323 e. The number of hydrogen-bond donors (Lipinski definition) is 0. The summed E-state index contributed by atoms with van der Waals surface area (Å²) in [6, 6.07) is 0. The number of halogens is 2. The predicted octanol–water partition coefficient (Wildman–Crippen LogP) is 1.51. The summed E-state index contributed by atoms with van der Waals surface area (Å²) >= 11 is 0. The molecule has 1 saturated heterocycles. The summed E-state index contributed by atoms with van der Waals surface area (Å²) in [6.45, 7) is 1.58. The smallest absolute Gasteiger partial charge is 0.297 e. The zero-order valence-electron chi connectivity index (χ0n) is 5.24. The Balaban J connectivity index is 2.11. The van der Waals surface area contributed by atoms with E-state index in [1.54, 1.807) is 4.90 Å². The molecule has 0 spiro atoms. The molecule has 1 radical (unpaired) electrons. The molecule has 1 fully saturated rings. The van der Waals surface area contributed by atoms with E-state index in [0.29, 0.717) is 0 Å². The lowest BCUT2D eigenvalue weighted by Gasteiger charge is -2.11. The Morgan fingerprint density at radius 3 is 2.22 bits per heavy atom. The summed E-state index contributed by atoms with van der Waals surface area (Å²) in [6.07, 6.45) is 0.692. The lowest BCUT2D eigenvalue weighted by Crippen LogP contribution is -2.22. The first-order valence-electron chi connectivity index (χ1n) is 3.18. The summed E-state index contributed by atoms with van der Waals surface area (Å²) in [4.78, 5) is 1.77. The standard InChI is InChI=1S/C6H10F2N/c7-6(8)5-9-3-1-2-4-9/h1-5H2. The molecular formula is C6H10F2N. The summed E-state index contributed by atoms with van der Waals surface area (Å²) in [5, 5.41) is 0. The van der Waals surface area contributed by atoms with Gasteiger partial charge in [-0.15, -0.1) is 0 Å². The molecule has 9 heavy (non-hydrogen) atoms. The molecule has 0 saturated carbocycles. The highest BCUT2D eigenvalue weighted by molar-refractivity contribution is 4.72. The van der Waals surface area contributed by atoms with Crippen molar-refractivity contribution in [3.05, 3.63) is 6.43 Å². The molecule has 0 N–H and O–H groups in total. The van der Waals surface area contributed by atoms with Crippen LogP contribution in [0.3, 0.4) is 0 Å². The van der Waals surface area contributed by atoms with Gasteiger partial charge in [0.15, 0.2) is 0 Å². The van der Waals surface area contributed by atoms with Crippen LogP contribution in [-0.2, 0) is 0 Å². The minimum Gasteiger partial charge on any atom is -0.297 e. The average molecular weight is 134 g/mol. The van der Waals surface area contributed by atoms with E-state index in [1.807, 2.05) is 0 Å². The fourth-order valence-electron chi connectivity index (χ4n) is 1.11. The molecule has 0 aromatic rings. The first-order valence-corrected chi connectivity index (χ1v) is 3.18. The Bertz CT molecular complexity index is 79.1. The van der Waals surface area contributed by atoms with Crippen molar-refractivity contribution < 1.29 is 8.78 Å². The van der Waals surface area contributed by atoms with E-state index in [9.17, 15) is 8.78 Å². The quantitative estimate of drug-likeness (QED) is 0.553. The molecule has 3 heteroatoms. The van der Waals surface area contributed by atoms with Crippen molar-refractivity contribution in [2.24, 2.45) is 0 Å². The van der Waals surface area contributed by atoms with Crippen LogP contribution < -0.4 is 0 Å². The lowest BCUT2D eigenvalue weighted by atomic mass is 10.4. The van der Waals surface area contributed by atoms with Gasteiger partial charge in [-0.3, -0.25) is 4.90 Å². The van der Waals surface area contributed by atoms with E-state index in [0.717, 1.165) is 25.9 Å². The second kappa shape index (κ2) is 3.11. The van der Waals surface area contributed by atoms with E-state index in [1.165, 1.54) is 0 Å². The van der Waals surface area contributed by atoms with Gasteiger partial charge >= 0.3 is 6.43 Å². The Morgan fingerprint density at radius 2 is 1.78 bits per heavy atom. The topological polar surface area (TPSA) is 3.24 Å². The Hall–Kier alpha value is -0.180. The highest BCUT2D eigenvalue weighted by atomic mass is 19.3. The van der Waals surface area contributed by atoms with Crippen LogP contribution in [0.25, 0.3) is 0 Å². The van der Waals surface area contributed by atoms with Crippen LogP contribution in [0.5, 0.6) is 0 Å². The summed E-state index contributed by atoms with van der Waals surface area (Å²) in [7, 11) is 0. The van der Waals surface area contributed by atoms with Crippen LogP contribution in [-0.4, -0.2) is 24.5 Å². The van der Waals surface area contributed by atoms with Crippen LogP contribution >= 0.6 is 0 Å². The maximum atomic E-state index is 11.6. The van der Waals surface area contributed by atoms with E-state index in [4.69, 9.17) is 0 Å². The number of nitrogens with zero attached hydrogens (tertiary/aromatic N) is 1. The van der Waals surface area contributed by atoms with Crippen molar-refractivity contribution in [3.63, 3.8) is 0 Å². The third-order valence-corrected chi connectivity index (χ3v) is 1.54.